The van der Waals surface area contributed by atoms with Crippen LogP contribution in [0.15, 0.2) is 152 Å². The van der Waals surface area contributed by atoms with Crippen LogP contribution in [-0.4, -0.2) is 14.2 Å². The Morgan fingerprint density at radius 3 is 0.844 bits per heavy atom. The molecule has 2 heteroatoms. The van der Waals surface area contributed by atoms with Crippen molar-refractivity contribution in [2.24, 2.45) is 0 Å². The van der Waals surface area contributed by atoms with E-state index < -0.39 is 20.0 Å². The molecule has 0 saturated carbocycles. The van der Waals surface area contributed by atoms with Crippen LogP contribution in [0.4, 0.5) is 0 Å². The van der Waals surface area contributed by atoms with E-state index in [1.807, 2.05) is 0 Å². The number of hydrogen-bond donors (Lipinski definition) is 0. The summed E-state index contributed by atoms with van der Waals surface area (Å²) in [7, 11) is 0. The van der Waals surface area contributed by atoms with Gasteiger partial charge in [-0.05, 0) is 0 Å². The molecular weight excluding hydrogens is 466 g/mol. The fraction of sp³-hybridized carbons (Fsp3) is 0. The fourth-order valence-electron chi connectivity index (χ4n) is 4.36. The van der Waals surface area contributed by atoms with Gasteiger partial charge in [0.2, 0.25) is 0 Å². The molecule has 0 bridgehead atoms. The minimum absolute atomic E-state index is 1.46. The van der Waals surface area contributed by atoms with E-state index in [2.05, 4.69) is 152 Å². The molecule has 0 saturated heterocycles. The summed E-state index contributed by atoms with van der Waals surface area (Å²) in [4.78, 5) is 0. The third kappa shape index (κ3) is 3.86. The average molecular weight is 491 g/mol. The molecule has 0 amide bonds. The Labute approximate surface area is 195 Å². The first kappa shape index (κ1) is 21.0. The predicted octanol–water partition coefficient (Wildman–Crippen LogP) is 4.79. The minimum atomic E-state index is -1.96. The Hall–Kier alpha value is -2.91. The molecule has 5 aromatic rings. The van der Waals surface area contributed by atoms with E-state index in [1.165, 1.54) is 24.6 Å². The molecule has 0 aliphatic heterocycles. The van der Waals surface area contributed by atoms with Gasteiger partial charge in [-0.3, -0.25) is 0 Å². The Kier molecular flexibility index (Phi) is 6.36. The van der Waals surface area contributed by atoms with Crippen molar-refractivity contribution in [1.29, 1.82) is 0 Å². The number of hydrogen-bond acceptors (Lipinski definition) is 0. The van der Waals surface area contributed by atoms with Crippen LogP contribution in [0.5, 0.6) is 0 Å². The van der Waals surface area contributed by atoms with Gasteiger partial charge in [-0.1, -0.05) is 0 Å². The second kappa shape index (κ2) is 9.70. The zero-order valence-corrected chi connectivity index (χ0v) is 20.6. The number of rotatable bonds is 6. The summed E-state index contributed by atoms with van der Waals surface area (Å²) in [6.07, 6.45) is 0. The molecule has 0 atom stereocenters. The van der Waals surface area contributed by atoms with Crippen molar-refractivity contribution >= 4 is 44.6 Å². The van der Waals surface area contributed by atoms with Gasteiger partial charge >= 0.3 is 196 Å². The predicted molar refractivity (Wildman–Crippen MR) is 143 cm³/mol. The first-order valence-electron chi connectivity index (χ1n) is 10.9. The van der Waals surface area contributed by atoms with E-state index in [-0.39, 0.29) is 0 Å². The average Bonchev–Trinajstić information content (AvgIpc) is 2.90. The normalized spacial score (nSPS) is 11.4. The summed E-state index contributed by atoms with van der Waals surface area (Å²) >= 11 is -1.87. The Bertz CT molecular complexity index is 1100. The van der Waals surface area contributed by atoms with Gasteiger partial charge in [0.1, 0.15) is 0 Å². The van der Waals surface area contributed by atoms with Gasteiger partial charge in [0.25, 0.3) is 0 Å². The second-order valence-corrected chi connectivity index (χ2v) is 19.8. The molecule has 0 radical (unpaired) electrons. The Balaban J connectivity index is 1.94. The first-order chi connectivity index (χ1) is 15.9. The zero-order valence-electron chi connectivity index (χ0n) is 17.8. The van der Waals surface area contributed by atoms with Crippen molar-refractivity contribution in [2.75, 3.05) is 0 Å². The summed E-state index contributed by atoms with van der Waals surface area (Å²) in [5.74, 6) is -1.96. The van der Waals surface area contributed by atoms with Crippen LogP contribution in [0, 0.1) is 0 Å². The molecule has 0 aromatic heterocycles. The quantitative estimate of drug-likeness (QED) is 0.237. The third-order valence-corrected chi connectivity index (χ3v) is 23.3. The maximum absolute atomic E-state index is 2.36. The van der Waals surface area contributed by atoms with E-state index in [1.54, 1.807) is 0 Å². The molecule has 0 heterocycles. The van der Waals surface area contributed by atoms with E-state index in [0.29, 0.717) is 0 Å². The van der Waals surface area contributed by atoms with Gasteiger partial charge < -0.3 is 0 Å². The number of benzene rings is 5. The monoisotopic (exact) mass is 491 g/mol. The van der Waals surface area contributed by atoms with Crippen LogP contribution in [0.3, 0.4) is 0 Å². The molecule has 0 aliphatic carbocycles. The summed E-state index contributed by atoms with van der Waals surface area (Å²) in [5.41, 5.74) is 0. The van der Waals surface area contributed by atoms with Crippen molar-refractivity contribution in [2.45, 2.75) is 0 Å². The van der Waals surface area contributed by atoms with Crippen LogP contribution >= 0.6 is 5.82 Å². The van der Waals surface area contributed by atoms with Crippen molar-refractivity contribution in [3.05, 3.63) is 152 Å². The van der Waals surface area contributed by atoms with E-state index >= 15 is 0 Å². The van der Waals surface area contributed by atoms with Gasteiger partial charge in [0, 0.05) is 0 Å². The Morgan fingerprint density at radius 1 is 0.312 bits per heavy atom. The van der Waals surface area contributed by atoms with Crippen LogP contribution in [0.2, 0.25) is 0 Å². The molecule has 0 fully saturated rings. The van der Waals surface area contributed by atoms with Crippen LogP contribution in [0.25, 0.3) is 0 Å². The molecule has 32 heavy (non-hydrogen) atoms. The molecule has 5 rings (SSSR count). The van der Waals surface area contributed by atoms with Crippen molar-refractivity contribution < 1.29 is 0 Å². The van der Waals surface area contributed by atoms with Gasteiger partial charge in [0.15, 0.2) is 0 Å². The van der Waals surface area contributed by atoms with Crippen molar-refractivity contribution in [3.8, 4) is 0 Å². The molecule has 5 aromatic carbocycles. The molecule has 0 nitrogen and oxygen atoms in total. The van der Waals surface area contributed by atoms with Crippen molar-refractivity contribution in [1.82, 2.24) is 0 Å². The summed E-state index contributed by atoms with van der Waals surface area (Å²) < 4.78 is 2.99. The molecule has 154 valence electrons. The molecule has 0 aliphatic rings. The zero-order chi connectivity index (χ0) is 21.6. The molecule has 0 N–H and O–H groups in total. The SMILES string of the molecule is c1ccc([As](c2ccccc2)[P+](c2ccccc2)(c2ccccc2)c2ccccc2)cc1. The molecular formula is C30H25AsP+. The van der Waals surface area contributed by atoms with Gasteiger partial charge in [0.05, 0.1) is 0 Å². The topological polar surface area (TPSA) is 0 Å². The van der Waals surface area contributed by atoms with Crippen LogP contribution in [0.1, 0.15) is 0 Å². The summed E-state index contributed by atoms with van der Waals surface area (Å²) in [5, 5.41) is 4.39. The van der Waals surface area contributed by atoms with Gasteiger partial charge in [-0.2, -0.15) is 0 Å². The van der Waals surface area contributed by atoms with Crippen LogP contribution < -0.4 is 24.6 Å². The van der Waals surface area contributed by atoms with Gasteiger partial charge in [-0.25, -0.2) is 0 Å². The van der Waals surface area contributed by atoms with E-state index in [4.69, 9.17) is 0 Å². The standard InChI is InChI=1S/C30H25AsP/c1-6-16-26(17-7-1)31(27-18-8-2-9-19-27)32(28-20-10-3-11-21-28,29-22-12-4-13-23-29)30-24-14-5-15-25-30/h1-25H/q+1. The van der Waals surface area contributed by atoms with E-state index in [9.17, 15) is 0 Å². The van der Waals surface area contributed by atoms with E-state index in [0.717, 1.165) is 0 Å². The van der Waals surface area contributed by atoms with Gasteiger partial charge in [-0.15, -0.1) is 0 Å². The van der Waals surface area contributed by atoms with Crippen molar-refractivity contribution in [3.63, 3.8) is 0 Å². The Morgan fingerprint density at radius 2 is 0.562 bits per heavy atom. The summed E-state index contributed by atoms with van der Waals surface area (Å²) in [6.45, 7) is 0. The third-order valence-electron chi connectivity index (χ3n) is 5.69. The second-order valence-electron chi connectivity index (χ2n) is 7.62. The first-order valence-corrected chi connectivity index (χ1v) is 17.0. The summed E-state index contributed by atoms with van der Waals surface area (Å²) in [6, 6.07) is 56.3. The fourth-order valence-corrected chi connectivity index (χ4v) is 23.6. The maximum atomic E-state index is 2.36. The molecule has 0 spiro atoms. The van der Waals surface area contributed by atoms with Crippen LogP contribution in [-0.2, 0) is 0 Å². The molecule has 0 unspecified atom stereocenters.